The number of hydrogen-bond acceptors (Lipinski definition) is 0. The minimum atomic E-state index is -0.613. The van der Waals surface area contributed by atoms with Gasteiger partial charge < -0.3 is 0 Å². The molecule has 0 aromatic heterocycles. The summed E-state index contributed by atoms with van der Waals surface area (Å²) in [7, 11) is 0. The van der Waals surface area contributed by atoms with Crippen molar-refractivity contribution in [1.82, 2.24) is 0 Å². The average molecular weight is 143 g/mol. The topological polar surface area (TPSA) is 0 Å². The van der Waals surface area contributed by atoms with Crippen LogP contribution in [0.25, 0.3) is 0 Å². The Bertz CT molecular complexity index is 70.8. The molecule has 0 saturated heterocycles. The standard InChI is InChI=1S/C9H16F/c10-9-7-5-3-1-2-4-6-8-9/h7,9H,1-6,8H2. The van der Waals surface area contributed by atoms with Gasteiger partial charge in [0.2, 0.25) is 0 Å². The van der Waals surface area contributed by atoms with E-state index < -0.39 is 6.17 Å². The molecule has 1 heteroatoms. The highest BCUT2D eigenvalue weighted by Gasteiger charge is 2.07. The van der Waals surface area contributed by atoms with E-state index in [-0.39, 0.29) is 0 Å². The van der Waals surface area contributed by atoms with E-state index in [0.29, 0.717) is 0 Å². The highest BCUT2D eigenvalue weighted by molar-refractivity contribution is 4.76. The molecule has 0 aromatic carbocycles. The van der Waals surface area contributed by atoms with Gasteiger partial charge in [0.05, 0.1) is 0 Å². The van der Waals surface area contributed by atoms with E-state index in [9.17, 15) is 4.39 Å². The number of hydrogen-bond donors (Lipinski definition) is 0. The summed E-state index contributed by atoms with van der Waals surface area (Å²) in [4.78, 5) is 0. The molecule has 0 heterocycles. The van der Waals surface area contributed by atoms with Crippen molar-refractivity contribution in [1.29, 1.82) is 0 Å². The molecule has 1 saturated carbocycles. The summed E-state index contributed by atoms with van der Waals surface area (Å²) in [6.45, 7) is 0. The van der Waals surface area contributed by atoms with Crippen molar-refractivity contribution in [2.45, 2.75) is 51.1 Å². The maximum atomic E-state index is 12.7. The molecule has 0 N–H and O–H groups in total. The minimum absolute atomic E-state index is 0.613. The molecular formula is C9H16F. The van der Waals surface area contributed by atoms with E-state index in [1.54, 1.807) is 0 Å². The predicted octanol–water partition coefficient (Wildman–Crippen LogP) is 3.27. The van der Waals surface area contributed by atoms with E-state index in [4.69, 9.17) is 0 Å². The highest BCUT2D eigenvalue weighted by atomic mass is 19.1. The van der Waals surface area contributed by atoms with Gasteiger partial charge in [-0.05, 0) is 19.3 Å². The molecule has 59 valence electrons. The van der Waals surface area contributed by atoms with Gasteiger partial charge in [0.1, 0.15) is 6.17 Å². The second-order valence-corrected chi connectivity index (χ2v) is 3.10. The Hall–Kier alpha value is -0.0700. The Morgan fingerprint density at radius 2 is 1.70 bits per heavy atom. The molecular weight excluding hydrogens is 127 g/mol. The molecule has 0 bridgehead atoms. The lowest BCUT2D eigenvalue weighted by Gasteiger charge is -2.02. The number of halogens is 1. The van der Waals surface area contributed by atoms with Gasteiger partial charge in [-0.3, -0.25) is 0 Å². The zero-order valence-corrected chi connectivity index (χ0v) is 6.48. The Balaban J connectivity index is 2.15. The fourth-order valence-electron chi connectivity index (χ4n) is 1.43. The van der Waals surface area contributed by atoms with Gasteiger partial charge in [-0.1, -0.05) is 32.1 Å². The molecule has 1 radical (unpaired) electrons. The van der Waals surface area contributed by atoms with Crippen LogP contribution in [0.3, 0.4) is 0 Å². The van der Waals surface area contributed by atoms with Crippen LogP contribution in [0.5, 0.6) is 0 Å². The summed E-state index contributed by atoms with van der Waals surface area (Å²) in [6, 6.07) is 0. The Kier molecular flexibility index (Phi) is 3.77. The third-order valence-electron chi connectivity index (χ3n) is 2.11. The summed E-state index contributed by atoms with van der Waals surface area (Å²) in [5.74, 6) is 0. The van der Waals surface area contributed by atoms with Crippen molar-refractivity contribution in [2.75, 3.05) is 0 Å². The first-order valence-electron chi connectivity index (χ1n) is 4.37. The molecule has 1 unspecified atom stereocenters. The fourth-order valence-corrected chi connectivity index (χ4v) is 1.43. The lowest BCUT2D eigenvalue weighted by Crippen LogP contribution is -1.99. The predicted molar refractivity (Wildman–Crippen MR) is 41.5 cm³/mol. The Labute approximate surface area is 62.8 Å². The third-order valence-corrected chi connectivity index (χ3v) is 2.11. The highest BCUT2D eigenvalue weighted by Crippen LogP contribution is 2.17. The van der Waals surface area contributed by atoms with Gasteiger partial charge in [0.15, 0.2) is 0 Å². The van der Waals surface area contributed by atoms with E-state index in [1.165, 1.54) is 25.7 Å². The quantitative estimate of drug-likeness (QED) is 0.488. The van der Waals surface area contributed by atoms with Crippen LogP contribution in [0.2, 0.25) is 0 Å². The zero-order chi connectivity index (χ0) is 7.23. The molecule has 1 atom stereocenters. The van der Waals surface area contributed by atoms with E-state index in [0.717, 1.165) is 19.3 Å². The summed E-state index contributed by atoms with van der Waals surface area (Å²) in [5, 5.41) is 0. The number of alkyl halides is 1. The first-order valence-corrected chi connectivity index (χ1v) is 4.37. The SMILES string of the molecule is FC1[CH]CCCCCCC1. The van der Waals surface area contributed by atoms with Crippen molar-refractivity contribution < 1.29 is 4.39 Å². The fraction of sp³-hybridized carbons (Fsp3) is 0.889. The van der Waals surface area contributed by atoms with Gasteiger partial charge in [-0.15, -0.1) is 0 Å². The minimum Gasteiger partial charge on any atom is -0.247 e. The normalized spacial score (nSPS) is 24.9. The molecule has 10 heavy (non-hydrogen) atoms. The Morgan fingerprint density at radius 1 is 1.00 bits per heavy atom. The van der Waals surface area contributed by atoms with Crippen LogP contribution >= 0.6 is 0 Å². The first-order chi connectivity index (χ1) is 4.89. The van der Waals surface area contributed by atoms with Crippen LogP contribution in [-0.2, 0) is 0 Å². The van der Waals surface area contributed by atoms with Gasteiger partial charge in [-0.2, -0.15) is 0 Å². The smallest absolute Gasteiger partial charge is 0.103 e. The van der Waals surface area contributed by atoms with Crippen molar-refractivity contribution in [3.05, 3.63) is 6.42 Å². The van der Waals surface area contributed by atoms with Crippen molar-refractivity contribution in [2.24, 2.45) is 0 Å². The molecule has 1 aliphatic rings. The van der Waals surface area contributed by atoms with Crippen LogP contribution in [0.1, 0.15) is 44.9 Å². The largest absolute Gasteiger partial charge is 0.247 e. The first kappa shape index (κ1) is 8.03. The molecule has 1 fully saturated rings. The molecule has 0 aromatic rings. The molecule has 0 spiro atoms. The second-order valence-electron chi connectivity index (χ2n) is 3.10. The summed E-state index contributed by atoms with van der Waals surface area (Å²) in [6.07, 6.45) is 9.08. The summed E-state index contributed by atoms with van der Waals surface area (Å²) < 4.78 is 12.7. The molecule has 1 aliphatic carbocycles. The van der Waals surface area contributed by atoms with Crippen LogP contribution in [-0.4, -0.2) is 6.17 Å². The van der Waals surface area contributed by atoms with Gasteiger partial charge in [0.25, 0.3) is 0 Å². The van der Waals surface area contributed by atoms with E-state index >= 15 is 0 Å². The van der Waals surface area contributed by atoms with E-state index in [1.807, 2.05) is 6.42 Å². The molecule has 0 nitrogen and oxygen atoms in total. The molecule has 0 aliphatic heterocycles. The van der Waals surface area contributed by atoms with Gasteiger partial charge >= 0.3 is 0 Å². The van der Waals surface area contributed by atoms with Crippen molar-refractivity contribution in [3.63, 3.8) is 0 Å². The Morgan fingerprint density at radius 3 is 2.60 bits per heavy atom. The summed E-state index contributed by atoms with van der Waals surface area (Å²) >= 11 is 0. The van der Waals surface area contributed by atoms with Gasteiger partial charge in [-0.25, -0.2) is 4.39 Å². The van der Waals surface area contributed by atoms with E-state index in [2.05, 4.69) is 0 Å². The average Bonchev–Trinajstić information content (AvgIpc) is 2.02. The van der Waals surface area contributed by atoms with Crippen LogP contribution in [0.4, 0.5) is 4.39 Å². The molecule has 1 rings (SSSR count). The maximum Gasteiger partial charge on any atom is 0.103 e. The van der Waals surface area contributed by atoms with Crippen LogP contribution < -0.4 is 0 Å². The third kappa shape index (κ3) is 3.19. The number of rotatable bonds is 0. The second kappa shape index (κ2) is 4.70. The van der Waals surface area contributed by atoms with Crippen molar-refractivity contribution >= 4 is 0 Å². The van der Waals surface area contributed by atoms with Crippen molar-refractivity contribution in [3.8, 4) is 0 Å². The van der Waals surface area contributed by atoms with Crippen LogP contribution in [0.15, 0.2) is 0 Å². The monoisotopic (exact) mass is 143 g/mol. The van der Waals surface area contributed by atoms with Gasteiger partial charge in [0, 0.05) is 0 Å². The lowest BCUT2D eigenvalue weighted by atomic mass is 10.1. The van der Waals surface area contributed by atoms with Crippen LogP contribution in [0, 0.1) is 6.42 Å². The molecule has 0 amide bonds. The maximum absolute atomic E-state index is 12.7. The summed E-state index contributed by atoms with van der Waals surface area (Å²) in [5.41, 5.74) is 0. The zero-order valence-electron chi connectivity index (χ0n) is 6.48. The lowest BCUT2D eigenvalue weighted by molar-refractivity contribution is 0.342.